The molecule has 0 atom stereocenters. The summed E-state index contributed by atoms with van der Waals surface area (Å²) in [5, 5.41) is 10.3. The summed E-state index contributed by atoms with van der Waals surface area (Å²) < 4.78 is 11.2. The highest BCUT2D eigenvalue weighted by Crippen LogP contribution is 2.47. The van der Waals surface area contributed by atoms with Crippen LogP contribution in [0.3, 0.4) is 0 Å². The van der Waals surface area contributed by atoms with Crippen molar-refractivity contribution in [1.82, 2.24) is 9.88 Å². The summed E-state index contributed by atoms with van der Waals surface area (Å²) in [5.41, 5.74) is -0.402. The van der Waals surface area contributed by atoms with Crippen LogP contribution in [0.4, 0.5) is 0 Å². The molecular formula is C20H27ClN2O4. The van der Waals surface area contributed by atoms with Crippen molar-refractivity contribution < 1.29 is 19.4 Å². The van der Waals surface area contributed by atoms with Crippen molar-refractivity contribution in [3.05, 3.63) is 17.2 Å². The molecule has 0 radical (unpaired) electrons. The molecule has 7 heteroatoms. The van der Waals surface area contributed by atoms with E-state index >= 15 is 0 Å². The summed E-state index contributed by atoms with van der Waals surface area (Å²) >= 11 is 6.18. The van der Waals surface area contributed by atoms with Crippen LogP contribution < -0.4 is 9.47 Å². The number of hydrogen-bond acceptors (Lipinski definition) is 5. The second-order valence-corrected chi connectivity index (χ2v) is 9.16. The summed E-state index contributed by atoms with van der Waals surface area (Å²) in [6, 6.07) is 3.45. The lowest BCUT2D eigenvalue weighted by Crippen LogP contribution is -2.63. The van der Waals surface area contributed by atoms with Gasteiger partial charge in [-0.1, -0.05) is 11.6 Å². The SMILES string of the molecule is COc1ccc(Cl)c(OC2CCC3(CC2)CN(C(=O)C2CC(C)(O)C2)C3)n1. The number of ether oxygens (including phenoxy) is 2. The van der Waals surface area contributed by atoms with Gasteiger partial charge in [0.05, 0.1) is 12.7 Å². The third-order valence-corrected chi connectivity index (χ3v) is 6.64. The number of rotatable bonds is 4. The number of carbonyl (C=O) groups is 1. The first-order valence-corrected chi connectivity index (χ1v) is 10.1. The molecule has 2 saturated carbocycles. The fourth-order valence-electron chi connectivity index (χ4n) is 4.75. The van der Waals surface area contributed by atoms with E-state index in [1.165, 1.54) is 0 Å². The molecule has 4 rings (SSSR count). The summed E-state index contributed by atoms with van der Waals surface area (Å²) in [6.45, 7) is 3.49. The fraction of sp³-hybridized carbons (Fsp3) is 0.700. The Kier molecular flexibility index (Phi) is 4.75. The van der Waals surface area contributed by atoms with Gasteiger partial charge in [0.15, 0.2) is 0 Å². The lowest BCUT2D eigenvalue weighted by atomic mass is 9.66. The maximum Gasteiger partial charge on any atom is 0.236 e. The van der Waals surface area contributed by atoms with Crippen LogP contribution in [-0.4, -0.2) is 52.8 Å². The zero-order valence-electron chi connectivity index (χ0n) is 15.9. The van der Waals surface area contributed by atoms with Gasteiger partial charge in [0.2, 0.25) is 17.7 Å². The smallest absolute Gasteiger partial charge is 0.236 e. The lowest BCUT2D eigenvalue weighted by molar-refractivity contribution is -0.164. The van der Waals surface area contributed by atoms with Crippen molar-refractivity contribution in [2.75, 3.05) is 20.2 Å². The third-order valence-electron chi connectivity index (χ3n) is 6.35. The molecule has 0 unspecified atom stereocenters. The van der Waals surface area contributed by atoms with E-state index in [1.54, 1.807) is 26.2 Å². The number of likely N-dealkylation sites (tertiary alicyclic amines) is 1. The van der Waals surface area contributed by atoms with Gasteiger partial charge in [0.1, 0.15) is 11.1 Å². The predicted molar refractivity (Wildman–Crippen MR) is 101 cm³/mol. The van der Waals surface area contributed by atoms with Crippen LogP contribution in [-0.2, 0) is 4.79 Å². The molecule has 1 saturated heterocycles. The first kappa shape index (κ1) is 18.8. The van der Waals surface area contributed by atoms with Crippen molar-refractivity contribution in [2.24, 2.45) is 11.3 Å². The maximum absolute atomic E-state index is 12.5. The highest BCUT2D eigenvalue weighted by molar-refractivity contribution is 6.31. The van der Waals surface area contributed by atoms with Gasteiger partial charge >= 0.3 is 0 Å². The number of carbonyl (C=O) groups excluding carboxylic acids is 1. The molecule has 0 aromatic carbocycles. The van der Waals surface area contributed by atoms with Gasteiger partial charge in [-0.2, -0.15) is 4.98 Å². The molecule has 3 fully saturated rings. The molecule has 1 spiro atoms. The Hall–Kier alpha value is -1.53. The molecule has 2 aliphatic carbocycles. The van der Waals surface area contributed by atoms with Gasteiger partial charge in [0, 0.05) is 30.5 Å². The lowest BCUT2D eigenvalue weighted by Gasteiger charge is -2.55. The number of aromatic nitrogens is 1. The molecule has 27 heavy (non-hydrogen) atoms. The molecule has 1 aliphatic heterocycles. The van der Waals surface area contributed by atoms with E-state index in [0.29, 0.717) is 29.6 Å². The van der Waals surface area contributed by atoms with E-state index in [-0.39, 0.29) is 23.3 Å². The van der Waals surface area contributed by atoms with E-state index in [9.17, 15) is 9.90 Å². The molecule has 0 bridgehead atoms. The molecule has 1 N–H and O–H groups in total. The summed E-state index contributed by atoms with van der Waals surface area (Å²) in [6.07, 6.45) is 5.26. The van der Waals surface area contributed by atoms with Gasteiger partial charge in [-0.15, -0.1) is 0 Å². The van der Waals surface area contributed by atoms with Crippen molar-refractivity contribution in [1.29, 1.82) is 0 Å². The van der Waals surface area contributed by atoms with Crippen LogP contribution in [0.15, 0.2) is 12.1 Å². The van der Waals surface area contributed by atoms with Gasteiger partial charge in [-0.3, -0.25) is 4.79 Å². The molecule has 1 amide bonds. The van der Waals surface area contributed by atoms with Gasteiger partial charge in [-0.05, 0) is 51.5 Å². The highest BCUT2D eigenvalue weighted by atomic mass is 35.5. The minimum atomic E-state index is -0.645. The standard InChI is InChI=1S/C20H27ClN2O4/c1-19(25)9-13(10-19)18(24)23-11-20(12-23)7-5-14(6-8-20)27-17-15(21)3-4-16(22-17)26-2/h3-4,13-14,25H,5-12H2,1-2H3. The van der Waals surface area contributed by atoms with Crippen LogP contribution in [0.2, 0.25) is 5.02 Å². The molecule has 1 aromatic heterocycles. The molecular weight excluding hydrogens is 368 g/mol. The van der Waals surface area contributed by atoms with Crippen molar-refractivity contribution >= 4 is 17.5 Å². The molecule has 1 aromatic rings. The van der Waals surface area contributed by atoms with Crippen molar-refractivity contribution in [2.45, 2.75) is 57.2 Å². The molecule has 3 aliphatic rings. The Morgan fingerprint density at radius 2 is 1.96 bits per heavy atom. The third kappa shape index (κ3) is 3.74. The Morgan fingerprint density at radius 3 is 2.56 bits per heavy atom. The first-order valence-electron chi connectivity index (χ1n) is 9.68. The number of nitrogens with zero attached hydrogens (tertiary/aromatic N) is 2. The maximum atomic E-state index is 12.5. The number of amides is 1. The summed E-state index contributed by atoms with van der Waals surface area (Å²) in [5.74, 6) is 1.15. The second-order valence-electron chi connectivity index (χ2n) is 8.75. The molecule has 2 heterocycles. The molecule has 6 nitrogen and oxygen atoms in total. The van der Waals surface area contributed by atoms with Gasteiger partial charge in [0.25, 0.3) is 0 Å². The minimum absolute atomic E-state index is 0.0123. The zero-order chi connectivity index (χ0) is 19.2. The monoisotopic (exact) mass is 394 g/mol. The van der Waals surface area contributed by atoms with Crippen molar-refractivity contribution in [3.8, 4) is 11.8 Å². The van der Waals surface area contributed by atoms with E-state index < -0.39 is 5.60 Å². The van der Waals surface area contributed by atoms with E-state index in [1.807, 2.05) is 4.90 Å². The van der Waals surface area contributed by atoms with Gasteiger partial charge in [-0.25, -0.2) is 0 Å². The number of hydrogen-bond donors (Lipinski definition) is 1. The highest BCUT2D eigenvalue weighted by Gasteiger charge is 2.51. The fourth-order valence-corrected chi connectivity index (χ4v) is 4.90. The van der Waals surface area contributed by atoms with E-state index in [0.717, 1.165) is 38.8 Å². The van der Waals surface area contributed by atoms with Crippen molar-refractivity contribution in [3.63, 3.8) is 0 Å². The van der Waals surface area contributed by atoms with Crippen LogP contribution in [0, 0.1) is 11.3 Å². The van der Waals surface area contributed by atoms with Gasteiger partial charge < -0.3 is 19.5 Å². The Morgan fingerprint density at radius 1 is 1.30 bits per heavy atom. The number of halogens is 1. The topological polar surface area (TPSA) is 71.9 Å². The number of methoxy groups -OCH3 is 1. The minimum Gasteiger partial charge on any atom is -0.481 e. The Balaban J connectivity index is 1.26. The normalized spacial score (nSPS) is 29.8. The number of pyridine rings is 1. The quantitative estimate of drug-likeness (QED) is 0.849. The molecule has 148 valence electrons. The Labute approximate surface area is 164 Å². The van der Waals surface area contributed by atoms with E-state index in [4.69, 9.17) is 21.1 Å². The average molecular weight is 395 g/mol. The Bertz CT molecular complexity index is 715. The van der Waals surface area contributed by atoms with Crippen LogP contribution in [0.1, 0.15) is 45.4 Å². The van der Waals surface area contributed by atoms with Crippen LogP contribution in [0.25, 0.3) is 0 Å². The summed E-state index contributed by atoms with van der Waals surface area (Å²) in [4.78, 5) is 18.7. The van der Waals surface area contributed by atoms with Crippen LogP contribution >= 0.6 is 11.6 Å². The largest absolute Gasteiger partial charge is 0.481 e. The average Bonchev–Trinajstić information content (AvgIpc) is 2.59. The predicted octanol–water partition coefficient (Wildman–Crippen LogP) is 3.05. The van der Waals surface area contributed by atoms with Crippen LogP contribution in [0.5, 0.6) is 11.8 Å². The second kappa shape index (κ2) is 6.82. The van der Waals surface area contributed by atoms with E-state index in [2.05, 4.69) is 4.98 Å². The summed E-state index contributed by atoms with van der Waals surface area (Å²) in [7, 11) is 1.57. The first-order chi connectivity index (χ1) is 12.8. The number of aliphatic hydroxyl groups is 1. The zero-order valence-corrected chi connectivity index (χ0v) is 16.7.